The molecule has 2 heterocycles. The first-order valence-corrected chi connectivity index (χ1v) is 10.00. The first kappa shape index (κ1) is 17.0. The zero-order chi connectivity index (χ0) is 17.2. The monoisotopic (exact) mass is 342 g/mol. The molecule has 1 aliphatic carbocycles. The van der Waals surface area contributed by atoms with Crippen molar-refractivity contribution in [3.05, 3.63) is 35.9 Å². The molecule has 2 atom stereocenters. The molecular weight excluding hydrogens is 312 g/mol. The van der Waals surface area contributed by atoms with Gasteiger partial charge in [0.2, 0.25) is 5.91 Å². The number of piperidine rings is 1. The number of amides is 1. The number of rotatable bonds is 5. The van der Waals surface area contributed by atoms with Crippen LogP contribution in [0.15, 0.2) is 30.3 Å². The molecule has 0 aromatic heterocycles. The molecule has 1 amide bonds. The highest BCUT2D eigenvalue weighted by Gasteiger charge is 2.43. The molecule has 4 heteroatoms. The zero-order valence-electron chi connectivity index (χ0n) is 15.0. The maximum Gasteiger partial charge on any atom is 0.240 e. The van der Waals surface area contributed by atoms with Gasteiger partial charge in [-0.25, -0.2) is 0 Å². The number of aliphatic hydroxyl groups is 1. The van der Waals surface area contributed by atoms with Gasteiger partial charge in [-0.3, -0.25) is 9.69 Å². The quantitative estimate of drug-likeness (QED) is 0.895. The molecule has 0 spiro atoms. The van der Waals surface area contributed by atoms with Crippen LogP contribution in [0.5, 0.6) is 0 Å². The summed E-state index contributed by atoms with van der Waals surface area (Å²) >= 11 is 0. The van der Waals surface area contributed by atoms with Gasteiger partial charge in [-0.05, 0) is 69.0 Å². The van der Waals surface area contributed by atoms with E-state index in [9.17, 15) is 9.90 Å². The topological polar surface area (TPSA) is 43.8 Å². The zero-order valence-corrected chi connectivity index (χ0v) is 15.0. The van der Waals surface area contributed by atoms with Gasteiger partial charge in [-0.15, -0.1) is 0 Å². The lowest BCUT2D eigenvalue weighted by atomic mass is 9.87. The SMILES string of the molecule is O=C([C@@H](C1CC1)N1CCCC1)N1CCC([C@@H](O)c2ccccc2)CC1. The largest absolute Gasteiger partial charge is 0.388 e. The van der Waals surface area contributed by atoms with Gasteiger partial charge in [0.15, 0.2) is 0 Å². The third kappa shape index (κ3) is 3.75. The van der Waals surface area contributed by atoms with E-state index in [0.717, 1.165) is 44.6 Å². The van der Waals surface area contributed by atoms with E-state index in [1.807, 2.05) is 30.3 Å². The van der Waals surface area contributed by atoms with Gasteiger partial charge < -0.3 is 10.0 Å². The Balaban J connectivity index is 1.35. The van der Waals surface area contributed by atoms with Crippen LogP contribution >= 0.6 is 0 Å². The highest BCUT2D eigenvalue weighted by Crippen LogP contribution is 2.38. The first-order valence-electron chi connectivity index (χ1n) is 10.00. The lowest BCUT2D eigenvalue weighted by Crippen LogP contribution is -2.51. The molecule has 2 saturated heterocycles. The van der Waals surface area contributed by atoms with Crippen LogP contribution in [0.25, 0.3) is 0 Å². The lowest BCUT2D eigenvalue weighted by molar-refractivity contribution is -0.139. The summed E-state index contributed by atoms with van der Waals surface area (Å²) < 4.78 is 0. The summed E-state index contributed by atoms with van der Waals surface area (Å²) in [5.74, 6) is 1.22. The predicted molar refractivity (Wildman–Crippen MR) is 98.0 cm³/mol. The number of likely N-dealkylation sites (tertiary alicyclic amines) is 2. The maximum atomic E-state index is 13.1. The standard InChI is InChI=1S/C21H30N2O2/c24-20(17-6-2-1-3-7-17)18-10-14-23(15-11-18)21(25)19(16-8-9-16)22-12-4-5-13-22/h1-3,6-7,16,18-20,24H,4-5,8-15H2/t19-,20+/m1/s1. The molecule has 2 aliphatic heterocycles. The van der Waals surface area contributed by atoms with Crippen molar-refractivity contribution in [3.63, 3.8) is 0 Å². The molecule has 25 heavy (non-hydrogen) atoms. The van der Waals surface area contributed by atoms with Crippen molar-refractivity contribution in [2.45, 2.75) is 50.7 Å². The number of carbonyl (C=O) groups is 1. The van der Waals surface area contributed by atoms with Gasteiger partial charge in [-0.1, -0.05) is 30.3 Å². The van der Waals surface area contributed by atoms with Crippen LogP contribution in [0.3, 0.4) is 0 Å². The summed E-state index contributed by atoms with van der Waals surface area (Å²) in [4.78, 5) is 17.6. The van der Waals surface area contributed by atoms with E-state index >= 15 is 0 Å². The molecule has 4 rings (SSSR count). The Bertz CT molecular complexity index is 573. The Morgan fingerprint density at radius 2 is 1.56 bits per heavy atom. The summed E-state index contributed by atoms with van der Waals surface area (Å²) in [6, 6.07) is 10.1. The van der Waals surface area contributed by atoms with Crippen LogP contribution in [0.4, 0.5) is 0 Å². The fourth-order valence-electron chi connectivity index (χ4n) is 4.63. The number of hydrogen-bond acceptors (Lipinski definition) is 3. The Kier molecular flexibility index (Phi) is 5.09. The van der Waals surface area contributed by atoms with E-state index < -0.39 is 6.10 Å². The maximum absolute atomic E-state index is 13.1. The number of aliphatic hydroxyl groups excluding tert-OH is 1. The highest BCUT2D eigenvalue weighted by atomic mass is 16.3. The summed E-state index contributed by atoms with van der Waals surface area (Å²) in [5, 5.41) is 10.6. The van der Waals surface area contributed by atoms with Gasteiger partial charge in [0.1, 0.15) is 0 Å². The van der Waals surface area contributed by atoms with E-state index in [1.165, 1.54) is 25.7 Å². The van der Waals surface area contributed by atoms with E-state index in [-0.39, 0.29) is 12.0 Å². The molecule has 1 saturated carbocycles. The second-order valence-electron chi connectivity index (χ2n) is 8.04. The highest BCUT2D eigenvalue weighted by molar-refractivity contribution is 5.82. The van der Waals surface area contributed by atoms with Crippen LogP contribution in [0.1, 0.15) is 50.2 Å². The van der Waals surface area contributed by atoms with Crippen LogP contribution in [-0.4, -0.2) is 53.0 Å². The molecule has 3 fully saturated rings. The predicted octanol–water partition coefficient (Wildman–Crippen LogP) is 2.83. The molecule has 1 N–H and O–H groups in total. The Hall–Kier alpha value is -1.39. The van der Waals surface area contributed by atoms with Crippen molar-refractivity contribution in [2.75, 3.05) is 26.2 Å². The molecule has 0 bridgehead atoms. The lowest BCUT2D eigenvalue weighted by Gasteiger charge is -2.38. The molecule has 136 valence electrons. The van der Waals surface area contributed by atoms with E-state index in [4.69, 9.17) is 0 Å². The Morgan fingerprint density at radius 3 is 2.16 bits per heavy atom. The van der Waals surface area contributed by atoms with E-state index in [0.29, 0.717) is 11.8 Å². The smallest absolute Gasteiger partial charge is 0.240 e. The van der Waals surface area contributed by atoms with Gasteiger partial charge >= 0.3 is 0 Å². The first-order chi connectivity index (χ1) is 12.2. The van der Waals surface area contributed by atoms with Crippen molar-refractivity contribution >= 4 is 5.91 Å². The molecular formula is C21H30N2O2. The Labute approximate surface area is 150 Å². The summed E-state index contributed by atoms with van der Waals surface area (Å²) in [7, 11) is 0. The molecule has 1 aromatic carbocycles. The minimum Gasteiger partial charge on any atom is -0.388 e. The second-order valence-corrected chi connectivity index (χ2v) is 8.04. The summed E-state index contributed by atoms with van der Waals surface area (Å²) in [5.41, 5.74) is 1.00. The van der Waals surface area contributed by atoms with Crippen LogP contribution in [0.2, 0.25) is 0 Å². The van der Waals surface area contributed by atoms with Gasteiger partial charge in [0.25, 0.3) is 0 Å². The van der Waals surface area contributed by atoms with E-state index in [2.05, 4.69) is 9.80 Å². The summed E-state index contributed by atoms with van der Waals surface area (Å²) in [6.45, 7) is 3.78. The Morgan fingerprint density at radius 1 is 0.920 bits per heavy atom. The fourth-order valence-corrected chi connectivity index (χ4v) is 4.63. The minimum absolute atomic E-state index is 0.137. The van der Waals surface area contributed by atoms with Crippen molar-refractivity contribution in [3.8, 4) is 0 Å². The number of hydrogen-bond donors (Lipinski definition) is 1. The van der Waals surface area contributed by atoms with Crippen LogP contribution in [-0.2, 0) is 4.79 Å². The third-order valence-electron chi connectivity index (χ3n) is 6.29. The van der Waals surface area contributed by atoms with Crippen molar-refractivity contribution in [2.24, 2.45) is 11.8 Å². The van der Waals surface area contributed by atoms with Crippen LogP contribution < -0.4 is 0 Å². The minimum atomic E-state index is -0.406. The average molecular weight is 342 g/mol. The molecule has 0 radical (unpaired) electrons. The van der Waals surface area contributed by atoms with Crippen LogP contribution in [0, 0.1) is 11.8 Å². The number of nitrogens with zero attached hydrogens (tertiary/aromatic N) is 2. The third-order valence-corrected chi connectivity index (χ3v) is 6.29. The van der Waals surface area contributed by atoms with Crippen molar-refractivity contribution in [1.82, 2.24) is 9.80 Å². The van der Waals surface area contributed by atoms with Gasteiger partial charge in [0.05, 0.1) is 12.1 Å². The van der Waals surface area contributed by atoms with E-state index in [1.54, 1.807) is 0 Å². The van der Waals surface area contributed by atoms with Gasteiger partial charge in [0, 0.05) is 13.1 Å². The fraction of sp³-hybridized carbons (Fsp3) is 0.667. The normalized spacial score (nSPS) is 25.1. The number of carbonyl (C=O) groups excluding carboxylic acids is 1. The van der Waals surface area contributed by atoms with Crippen molar-refractivity contribution < 1.29 is 9.90 Å². The second kappa shape index (κ2) is 7.46. The van der Waals surface area contributed by atoms with Crippen molar-refractivity contribution in [1.29, 1.82) is 0 Å². The number of benzene rings is 1. The molecule has 1 aromatic rings. The molecule has 3 aliphatic rings. The molecule has 0 unspecified atom stereocenters. The van der Waals surface area contributed by atoms with Gasteiger partial charge in [-0.2, -0.15) is 0 Å². The molecule has 4 nitrogen and oxygen atoms in total. The summed E-state index contributed by atoms with van der Waals surface area (Å²) in [6.07, 6.45) is 6.31. The average Bonchev–Trinajstić information content (AvgIpc) is 3.35.